The highest BCUT2D eigenvalue weighted by molar-refractivity contribution is 6.37. The molecule has 1 aliphatic rings. The number of ether oxygens (including phenoxy) is 1. The molecule has 0 bridgehead atoms. The molecule has 2 aromatic rings. The number of benzene rings is 2. The summed E-state index contributed by atoms with van der Waals surface area (Å²) < 4.78 is 5.61. The van der Waals surface area contributed by atoms with Crippen LogP contribution in [0, 0.1) is 0 Å². The Bertz CT molecular complexity index is 912. The van der Waals surface area contributed by atoms with Crippen molar-refractivity contribution in [2.24, 2.45) is 0 Å². The van der Waals surface area contributed by atoms with Crippen LogP contribution >= 0.6 is 23.2 Å². The summed E-state index contributed by atoms with van der Waals surface area (Å²) in [4.78, 5) is 22.8. The van der Waals surface area contributed by atoms with E-state index in [0.717, 1.165) is 5.56 Å². The van der Waals surface area contributed by atoms with Crippen molar-refractivity contribution in [2.75, 3.05) is 18.5 Å². The Labute approximate surface area is 159 Å². The zero-order valence-electron chi connectivity index (χ0n) is 13.4. The maximum absolute atomic E-state index is 12.3. The van der Waals surface area contributed by atoms with Gasteiger partial charge in [0.15, 0.2) is 0 Å². The van der Waals surface area contributed by atoms with Crippen LogP contribution in [0.5, 0.6) is 5.75 Å². The van der Waals surface area contributed by atoms with E-state index in [-0.39, 0.29) is 19.1 Å². The SMILES string of the molecule is O=C(O)NCCOc1ccc(Cl)cc1/C=C1\C(=O)Nc2cc(Cl)ccc21. The number of halogens is 2. The van der Waals surface area contributed by atoms with Gasteiger partial charge in [-0.05, 0) is 36.4 Å². The average molecular weight is 393 g/mol. The van der Waals surface area contributed by atoms with Crippen LogP contribution in [-0.4, -0.2) is 30.3 Å². The average Bonchev–Trinajstić information content (AvgIpc) is 2.87. The molecule has 1 heterocycles. The fourth-order valence-corrected chi connectivity index (χ4v) is 2.90. The van der Waals surface area contributed by atoms with E-state index >= 15 is 0 Å². The molecule has 3 rings (SSSR count). The van der Waals surface area contributed by atoms with Gasteiger partial charge in [0.1, 0.15) is 12.4 Å². The van der Waals surface area contributed by atoms with E-state index in [4.69, 9.17) is 33.0 Å². The summed E-state index contributed by atoms with van der Waals surface area (Å²) in [5, 5.41) is 14.6. The number of nitrogens with one attached hydrogen (secondary N) is 2. The Hall–Kier alpha value is -2.70. The van der Waals surface area contributed by atoms with E-state index in [1.807, 2.05) is 0 Å². The van der Waals surface area contributed by atoms with Gasteiger partial charge in [-0.15, -0.1) is 0 Å². The summed E-state index contributed by atoms with van der Waals surface area (Å²) in [6.45, 7) is 0.276. The third-order valence-corrected chi connectivity index (χ3v) is 4.14. The van der Waals surface area contributed by atoms with E-state index in [2.05, 4.69) is 10.6 Å². The van der Waals surface area contributed by atoms with Crippen molar-refractivity contribution in [1.29, 1.82) is 0 Å². The van der Waals surface area contributed by atoms with Crippen LogP contribution < -0.4 is 15.4 Å². The Balaban J connectivity index is 1.89. The molecule has 6 nitrogen and oxygen atoms in total. The van der Waals surface area contributed by atoms with Crippen molar-refractivity contribution in [3.05, 3.63) is 57.6 Å². The number of hydrogen-bond donors (Lipinski definition) is 3. The minimum absolute atomic E-state index is 0.135. The number of rotatable bonds is 5. The van der Waals surface area contributed by atoms with Crippen molar-refractivity contribution in [1.82, 2.24) is 5.32 Å². The predicted molar refractivity (Wildman–Crippen MR) is 101 cm³/mol. The molecule has 0 radical (unpaired) electrons. The zero-order valence-corrected chi connectivity index (χ0v) is 14.9. The van der Waals surface area contributed by atoms with Crippen LogP contribution in [0.3, 0.4) is 0 Å². The third kappa shape index (κ3) is 4.09. The zero-order chi connectivity index (χ0) is 18.7. The highest BCUT2D eigenvalue weighted by Gasteiger charge is 2.24. The largest absolute Gasteiger partial charge is 0.491 e. The standard InChI is InChI=1S/C18H14Cl2N2O4/c19-11-2-4-16(26-6-5-21-18(24)25)10(7-11)8-14-13-3-1-12(20)9-15(13)22-17(14)23/h1-4,7-9,21H,5-6H2,(H,22,23)(H,24,25)/b14-8-. The van der Waals surface area contributed by atoms with Crippen LogP contribution in [-0.2, 0) is 4.79 Å². The van der Waals surface area contributed by atoms with E-state index in [1.54, 1.807) is 42.5 Å². The van der Waals surface area contributed by atoms with Crippen LogP contribution in [0.2, 0.25) is 10.0 Å². The Kier molecular flexibility index (Phi) is 5.35. The van der Waals surface area contributed by atoms with Gasteiger partial charge < -0.3 is 20.5 Å². The maximum Gasteiger partial charge on any atom is 0.404 e. The quantitative estimate of drug-likeness (QED) is 0.527. The van der Waals surface area contributed by atoms with Crippen LogP contribution in [0.1, 0.15) is 11.1 Å². The van der Waals surface area contributed by atoms with Crippen LogP contribution in [0.4, 0.5) is 10.5 Å². The fraction of sp³-hybridized carbons (Fsp3) is 0.111. The molecule has 0 fully saturated rings. The molecule has 8 heteroatoms. The van der Waals surface area contributed by atoms with Gasteiger partial charge in [-0.3, -0.25) is 4.79 Å². The molecule has 0 unspecified atom stereocenters. The second-order valence-corrected chi connectivity index (χ2v) is 6.34. The number of carbonyl (C=O) groups excluding carboxylic acids is 1. The lowest BCUT2D eigenvalue weighted by molar-refractivity contribution is -0.110. The first-order chi connectivity index (χ1) is 12.4. The summed E-state index contributed by atoms with van der Waals surface area (Å²) in [7, 11) is 0. The Morgan fingerprint density at radius 3 is 2.69 bits per heavy atom. The van der Waals surface area contributed by atoms with Gasteiger partial charge in [0, 0.05) is 26.7 Å². The third-order valence-electron chi connectivity index (χ3n) is 3.67. The second-order valence-electron chi connectivity index (χ2n) is 5.46. The van der Waals surface area contributed by atoms with Gasteiger partial charge in [0.25, 0.3) is 5.91 Å². The number of amides is 2. The second kappa shape index (κ2) is 7.68. The lowest BCUT2D eigenvalue weighted by Gasteiger charge is -2.10. The minimum atomic E-state index is -1.12. The van der Waals surface area contributed by atoms with E-state index in [0.29, 0.717) is 32.6 Å². The Morgan fingerprint density at radius 2 is 1.92 bits per heavy atom. The van der Waals surface area contributed by atoms with E-state index < -0.39 is 6.09 Å². The number of carbonyl (C=O) groups is 2. The summed E-state index contributed by atoms with van der Waals surface area (Å²) in [6, 6.07) is 10.2. The molecule has 0 aromatic heterocycles. The Morgan fingerprint density at radius 1 is 1.19 bits per heavy atom. The summed E-state index contributed by atoms with van der Waals surface area (Å²) in [5.41, 5.74) is 2.45. The van der Waals surface area contributed by atoms with Crippen molar-refractivity contribution in [3.8, 4) is 5.75 Å². The highest BCUT2D eigenvalue weighted by Crippen LogP contribution is 2.36. The number of carboxylic acid groups (broad SMARTS) is 1. The topological polar surface area (TPSA) is 87.7 Å². The van der Waals surface area contributed by atoms with Crippen molar-refractivity contribution < 1.29 is 19.4 Å². The molecular weight excluding hydrogens is 379 g/mol. The molecule has 3 N–H and O–H groups in total. The van der Waals surface area contributed by atoms with Gasteiger partial charge in [-0.2, -0.15) is 0 Å². The first-order valence-electron chi connectivity index (χ1n) is 7.66. The van der Waals surface area contributed by atoms with Gasteiger partial charge in [0.05, 0.1) is 12.2 Å². The highest BCUT2D eigenvalue weighted by atomic mass is 35.5. The number of anilines is 1. The van der Waals surface area contributed by atoms with Crippen LogP contribution in [0.15, 0.2) is 36.4 Å². The van der Waals surface area contributed by atoms with E-state index in [9.17, 15) is 9.59 Å². The minimum Gasteiger partial charge on any atom is -0.491 e. The summed E-state index contributed by atoms with van der Waals surface area (Å²) >= 11 is 12.0. The molecule has 1 aliphatic heterocycles. The molecule has 134 valence electrons. The smallest absolute Gasteiger partial charge is 0.404 e. The van der Waals surface area contributed by atoms with Gasteiger partial charge in [0.2, 0.25) is 0 Å². The molecule has 26 heavy (non-hydrogen) atoms. The molecular formula is C18H14Cl2N2O4. The summed E-state index contributed by atoms with van der Waals surface area (Å²) in [5.74, 6) is 0.241. The van der Waals surface area contributed by atoms with E-state index in [1.165, 1.54) is 0 Å². The lowest BCUT2D eigenvalue weighted by atomic mass is 10.0. The van der Waals surface area contributed by atoms with Crippen molar-refractivity contribution in [3.63, 3.8) is 0 Å². The monoisotopic (exact) mass is 392 g/mol. The van der Waals surface area contributed by atoms with Crippen LogP contribution in [0.25, 0.3) is 11.6 Å². The predicted octanol–water partition coefficient (Wildman–Crippen LogP) is 4.13. The fourth-order valence-electron chi connectivity index (χ4n) is 2.55. The van der Waals surface area contributed by atoms with Gasteiger partial charge in [-0.1, -0.05) is 29.3 Å². The van der Waals surface area contributed by atoms with Gasteiger partial charge >= 0.3 is 6.09 Å². The first-order valence-corrected chi connectivity index (χ1v) is 8.42. The molecule has 0 atom stereocenters. The van der Waals surface area contributed by atoms with Gasteiger partial charge in [-0.25, -0.2) is 4.79 Å². The molecule has 0 spiro atoms. The lowest BCUT2D eigenvalue weighted by Crippen LogP contribution is -2.26. The number of fused-ring (bicyclic) bond motifs is 1. The molecule has 0 saturated heterocycles. The first kappa shape index (κ1) is 18.1. The summed E-state index contributed by atoms with van der Waals surface area (Å²) in [6.07, 6.45) is 0.561. The maximum atomic E-state index is 12.3. The molecule has 0 aliphatic carbocycles. The van der Waals surface area contributed by atoms with Crippen molar-refractivity contribution in [2.45, 2.75) is 0 Å². The molecule has 2 amide bonds. The normalized spacial score (nSPS) is 14.1. The van der Waals surface area contributed by atoms with Crippen molar-refractivity contribution >= 4 is 52.5 Å². The number of hydrogen-bond acceptors (Lipinski definition) is 3. The molecule has 2 aromatic carbocycles. The molecule has 0 saturated carbocycles.